The molecule has 2 rings (SSSR count). The predicted molar refractivity (Wildman–Crippen MR) is 70.3 cm³/mol. The number of aromatic carboxylic acids is 1. The Balaban J connectivity index is 2.23. The molecule has 0 radical (unpaired) electrons. The fourth-order valence-electron chi connectivity index (χ4n) is 1.60. The maximum atomic E-state index is 12.0. The molecule has 0 fully saturated rings. The molecule has 0 saturated carbocycles. The lowest BCUT2D eigenvalue weighted by Gasteiger charge is -2.08. The van der Waals surface area contributed by atoms with Crippen LogP contribution >= 0.6 is 0 Å². The molecule has 0 aliphatic heterocycles. The van der Waals surface area contributed by atoms with E-state index in [0.29, 0.717) is 5.69 Å². The van der Waals surface area contributed by atoms with E-state index in [0.717, 1.165) is 5.56 Å². The summed E-state index contributed by atoms with van der Waals surface area (Å²) in [5.41, 5.74) is 1.73. The molecule has 0 aliphatic rings. The zero-order valence-electron chi connectivity index (χ0n) is 10.3. The molecule has 0 bridgehead atoms. The molecular weight excluding hydrogens is 244 g/mol. The first-order valence-corrected chi connectivity index (χ1v) is 5.64. The molecule has 1 amide bonds. The summed E-state index contributed by atoms with van der Waals surface area (Å²) >= 11 is 0. The molecule has 0 unspecified atom stereocenters. The van der Waals surface area contributed by atoms with Gasteiger partial charge in [-0.15, -0.1) is 0 Å². The highest BCUT2D eigenvalue weighted by molar-refractivity contribution is 6.05. The zero-order valence-corrected chi connectivity index (χ0v) is 10.3. The van der Waals surface area contributed by atoms with E-state index < -0.39 is 5.97 Å². The van der Waals surface area contributed by atoms with E-state index in [1.807, 2.05) is 25.1 Å². The number of aromatic nitrogens is 1. The van der Waals surface area contributed by atoms with Crippen molar-refractivity contribution in [3.05, 3.63) is 59.4 Å². The van der Waals surface area contributed by atoms with Gasteiger partial charge in [0.1, 0.15) is 5.69 Å². The number of benzene rings is 1. The Bertz CT molecular complexity index is 638. The molecule has 5 nitrogen and oxygen atoms in total. The van der Waals surface area contributed by atoms with Crippen LogP contribution in [0.15, 0.2) is 42.6 Å². The summed E-state index contributed by atoms with van der Waals surface area (Å²) in [7, 11) is 0. The SMILES string of the molecule is Cc1ccccc1NC(=O)c1ccnc(C(=O)O)c1. The van der Waals surface area contributed by atoms with Gasteiger partial charge in [-0.25, -0.2) is 9.78 Å². The van der Waals surface area contributed by atoms with Gasteiger partial charge in [0, 0.05) is 17.4 Å². The van der Waals surface area contributed by atoms with Gasteiger partial charge in [0.15, 0.2) is 0 Å². The second-order valence-electron chi connectivity index (χ2n) is 4.00. The molecular formula is C14H12N2O3. The van der Waals surface area contributed by atoms with Gasteiger partial charge < -0.3 is 10.4 Å². The van der Waals surface area contributed by atoms with Crippen LogP contribution in [-0.2, 0) is 0 Å². The smallest absolute Gasteiger partial charge is 0.354 e. The molecule has 96 valence electrons. The highest BCUT2D eigenvalue weighted by atomic mass is 16.4. The summed E-state index contributed by atoms with van der Waals surface area (Å²) in [4.78, 5) is 26.5. The van der Waals surface area contributed by atoms with Crippen molar-refractivity contribution < 1.29 is 14.7 Å². The standard InChI is InChI=1S/C14H12N2O3/c1-9-4-2-3-5-11(9)16-13(17)10-6-7-15-12(8-10)14(18)19/h2-8H,1H3,(H,16,17)(H,18,19). The van der Waals surface area contributed by atoms with Crippen molar-refractivity contribution in [2.24, 2.45) is 0 Å². The average Bonchev–Trinajstić information content (AvgIpc) is 2.41. The molecule has 1 heterocycles. The number of amides is 1. The number of hydrogen-bond donors (Lipinski definition) is 2. The van der Waals surface area contributed by atoms with Crippen LogP contribution in [0.25, 0.3) is 0 Å². The summed E-state index contributed by atoms with van der Waals surface area (Å²) in [6.07, 6.45) is 1.30. The third-order valence-electron chi connectivity index (χ3n) is 2.63. The lowest BCUT2D eigenvalue weighted by Crippen LogP contribution is -2.14. The van der Waals surface area contributed by atoms with Crippen LogP contribution in [0.3, 0.4) is 0 Å². The Morgan fingerprint density at radius 3 is 2.63 bits per heavy atom. The van der Waals surface area contributed by atoms with Crippen LogP contribution < -0.4 is 5.32 Å². The number of nitrogens with zero attached hydrogens (tertiary/aromatic N) is 1. The van der Waals surface area contributed by atoms with Crippen molar-refractivity contribution in [1.82, 2.24) is 4.98 Å². The average molecular weight is 256 g/mol. The number of nitrogens with one attached hydrogen (secondary N) is 1. The lowest BCUT2D eigenvalue weighted by atomic mass is 10.1. The second-order valence-corrected chi connectivity index (χ2v) is 4.00. The number of aryl methyl sites for hydroxylation is 1. The molecule has 0 saturated heterocycles. The number of para-hydroxylation sites is 1. The summed E-state index contributed by atoms with van der Waals surface area (Å²) in [5.74, 6) is -1.52. The van der Waals surface area contributed by atoms with Crippen molar-refractivity contribution in [3.63, 3.8) is 0 Å². The monoisotopic (exact) mass is 256 g/mol. The number of rotatable bonds is 3. The number of carbonyl (C=O) groups is 2. The number of carboxylic acid groups (broad SMARTS) is 1. The number of hydrogen-bond acceptors (Lipinski definition) is 3. The first kappa shape index (κ1) is 12.8. The Morgan fingerprint density at radius 1 is 1.21 bits per heavy atom. The molecule has 0 aliphatic carbocycles. The Kier molecular flexibility index (Phi) is 3.56. The maximum Gasteiger partial charge on any atom is 0.354 e. The molecule has 0 spiro atoms. The van der Waals surface area contributed by atoms with Gasteiger partial charge in [-0.3, -0.25) is 4.79 Å². The normalized spacial score (nSPS) is 9.95. The summed E-state index contributed by atoms with van der Waals surface area (Å²) < 4.78 is 0. The number of anilines is 1. The first-order chi connectivity index (χ1) is 9.08. The van der Waals surface area contributed by atoms with Crippen LogP contribution in [0.4, 0.5) is 5.69 Å². The molecule has 19 heavy (non-hydrogen) atoms. The van der Waals surface area contributed by atoms with Gasteiger partial charge in [-0.2, -0.15) is 0 Å². The third kappa shape index (κ3) is 2.95. The number of pyridine rings is 1. The first-order valence-electron chi connectivity index (χ1n) is 5.64. The molecule has 5 heteroatoms. The highest BCUT2D eigenvalue weighted by Gasteiger charge is 2.11. The minimum absolute atomic E-state index is 0.155. The van der Waals surface area contributed by atoms with Crippen molar-refractivity contribution in [3.8, 4) is 0 Å². The van der Waals surface area contributed by atoms with Gasteiger partial charge in [-0.05, 0) is 30.7 Å². The van der Waals surface area contributed by atoms with Crippen LogP contribution in [0.2, 0.25) is 0 Å². The van der Waals surface area contributed by atoms with E-state index in [4.69, 9.17) is 5.11 Å². The lowest BCUT2D eigenvalue weighted by molar-refractivity contribution is 0.0690. The maximum absolute atomic E-state index is 12.0. The molecule has 1 aromatic heterocycles. The minimum Gasteiger partial charge on any atom is -0.477 e. The largest absolute Gasteiger partial charge is 0.477 e. The van der Waals surface area contributed by atoms with Crippen molar-refractivity contribution in [2.45, 2.75) is 6.92 Å². The predicted octanol–water partition coefficient (Wildman–Crippen LogP) is 2.34. The summed E-state index contributed by atoms with van der Waals surface area (Å²) in [6, 6.07) is 10.1. The fourth-order valence-corrected chi connectivity index (χ4v) is 1.60. The van der Waals surface area contributed by atoms with Crippen LogP contribution in [0, 0.1) is 6.92 Å². The van der Waals surface area contributed by atoms with Crippen molar-refractivity contribution >= 4 is 17.6 Å². The van der Waals surface area contributed by atoms with Gasteiger partial charge in [0.2, 0.25) is 0 Å². The Morgan fingerprint density at radius 2 is 1.95 bits per heavy atom. The summed E-state index contributed by atoms with van der Waals surface area (Å²) in [6.45, 7) is 1.88. The van der Waals surface area contributed by atoms with E-state index >= 15 is 0 Å². The Labute approximate surface area is 109 Å². The quantitative estimate of drug-likeness (QED) is 0.883. The third-order valence-corrected chi connectivity index (χ3v) is 2.63. The van der Waals surface area contributed by atoms with Crippen LogP contribution in [-0.4, -0.2) is 22.0 Å². The molecule has 2 aromatic rings. The van der Waals surface area contributed by atoms with Crippen LogP contribution in [0.5, 0.6) is 0 Å². The van der Waals surface area contributed by atoms with Gasteiger partial charge >= 0.3 is 5.97 Å². The number of carbonyl (C=O) groups excluding carboxylic acids is 1. The van der Waals surface area contributed by atoms with Crippen molar-refractivity contribution in [1.29, 1.82) is 0 Å². The second kappa shape index (κ2) is 5.30. The molecule has 0 atom stereocenters. The minimum atomic E-state index is -1.16. The van der Waals surface area contributed by atoms with E-state index in [1.165, 1.54) is 18.3 Å². The molecule has 1 aromatic carbocycles. The fraction of sp³-hybridized carbons (Fsp3) is 0.0714. The van der Waals surface area contributed by atoms with Crippen LogP contribution in [0.1, 0.15) is 26.4 Å². The van der Waals surface area contributed by atoms with E-state index in [2.05, 4.69) is 10.3 Å². The van der Waals surface area contributed by atoms with Gasteiger partial charge in [-0.1, -0.05) is 18.2 Å². The number of carboxylic acids is 1. The van der Waals surface area contributed by atoms with E-state index in [-0.39, 0.29) is 17.2 Å². The van der Waals surface area contributed by atoms with Crippen molar-refractivity contribution in [2.75, 3.05) is 5.32 Å². The topological polar surface area (TPSA) is 79.3 Å². The van der Waals surface area contributed by atoms with E-state index in [9.17, 15) is 9.59 Å². The molecule has 2 N–H and O–H groups in total. The van der Waals surface area contributed by atoms with E-state index in [1.54, 1.807) is 6.07 Å². The van der Waals surface area contributed by atoms with Gasteiger partial charge in [0.05, 0.1) is 0 Å². The highest BCUT2D eigenvalue weighted by Crippen LogP contribution is 2.14. The van der Waals surface area contributed by atoms with Gasteiger partial charge in [0.25, 0.3) is 5.91 Å². The Hall–Kier alpha value is -2.69. The summed E-state index contributed by atoms with van der Waals surface area (Å²) in [5, 5.41) is 11.6. The zero-order chi connectivity index (χ0) is 13.8.